The minimum Gasteiger partial charge on any atom is -0.464 e. The van der Waals surface area contributed by atoms with Gasteiger partial charge in [0.15, 0.2) is 0 Å². The molecule has 2 N–H and O–H groups in total. The summed E-state index contributed by atoms with van der Waals surface area (Å²) in [6.07, 6.45) is 2.43. The molecular weight excluding hydrogens is 300 g/mol. The van der Waals surface area contributed by atoms with Crippen LogP contribution in [0.5, 0.6) is 0 Å². The summed E-state index contributed by atoms with van der Waals surface area (Å²) in [5.41, 5.74) is 7.58. The average molecular weight is 324 g/mol. The van der Waals surface area contributed by atoms with E-state index in [1.165, 1.54) is 0 Å². The molecule has 3 rings (SSSR count). The molecule has 1 atom stereocenters. The number of nitrogens with two attached hydrogens (primary N) is 1. The molecular formula is C16H23BClNO3. The second-order valence-corrected chi connectivity index (χ2v) is 6.75. The van der Waals surface area contributed by atoms with Crippen molar-refractivity contribution in [2.75, 3.05) is 0 Å². The van der Waals surface area contributed by atoms with Gasteiger partial charge in [0.25, 0.3) is 0 Å². The Kier molecular flexibility index (Phi) is 4.65. The third-order valence-electron chi connectivity index (χ3n) is 4.64. The zero-order valence-electron chi connectivity index (χ0n) is 13.5. The van der Waals surface area contributed by atoms with Crippen molar-refractivity contribution in [1.82, 2.24) is 0 Å². The van der Waals surface area contributed by atoms with Crippen LogP contribution in [-0.4, -0.2) is 24.3 Å². The minimum atomic E-state index is -0.399. The largest absolute Gasteiger partial charge is 0.476 e. The zero-order valence-corrected chi connectivity index (χ0v) is 14.3. The summed E-state index contributed by atoms with van der Waals surface area (Å²) < 4.78 is 17.6. The molecule has 0 unspecified atom stereocenters. The molecule has 2 heterocycles. The molecule has 4 nitrogen and oxygen atoms in total. The predicted octanol–water partition coefficient (Wildman–Crippen LogP) is 3.36. The minimum absolute atomic E-state index is 0. The SMILES string of the molecule is CC1(C)OB([C@@H](N)Cc2coc3ccccc23)OC1(C)C.Cl. The molecule has 1 aliphatic rings. The molecule has 2 aromatic rings. The molecule has 120 valence electrons. The molecule has 0 saturated carbocycles. The molecule has 1 aromatic carbocycles. The molecule has 0 aliphatic carbocycles. The molecule has 1 aliphatic heterocycles. The monoisotopic (exact) mass is 323 g/mol. The van der Waals surface area contributed by atoms with E-state index in [0.29, 0.717) is 6.42 Å². The zero-order chi connectivity index (χ0) is 15.3. The summed E-state index contributed by atoms with van der Waals surface area (Å²) in [5.74, 6) is -0.230. The standard InChI is InChI=1S/C16H22BNO3.ClH/c1-15(2)16(3,4)21-17(20-15)14(18)9-11-10-19-13-8-6-5-7-12(11)13;/h5-8,10,14H,9,18H2,1-4H3;1H/t14-;/m0./s1. The smallest absolute Gasteiger partial charge is 0.464 e. The predicted molar refractivity (Wildman–Crippen MR) is 91.2 cm³/mol. The highest BCUT2D eigenvalue weighted by atomic mass is 35.5. The normalized spacial score (nSPS) is 20.9. The Balaban J connectivity index is 0.00000176. The summed E-state index contributed by atoms with van der Waals surface area (Å²) in [7, 11) is -0.399. The first-order valence-electron chi connectivity index (χ1n) is 7.36. The van der Waals surface area contributed by atoms with E-state index in [1.807, 2.05) is 52.0 Å². The van der Waals surface area contributed by atoms with Crippen LogP contribution in [0, 0.1) is 0 Å². The second-order valence-electron chi connectivity index (χ2n) is 6.75. The molecule has 0 bridgehead atoms. The first-order valence-corrected chi connectivity index (χ1v) is 7.36. The van der Waals surface area contributed by atoms with Crippen LogP contribution in [-0.2, 0) is 15.7 Å². The first-order chi connectivity index (χ1) is 9.80. The van der Waals surface area contributed by atoms with E-state index in [4.69, 9.17) is 19.5 Å². The lowest BCUT2D eigenvalue weighted by molar-refractivity contribution is 0.00578. The Bertz CT molecular complexity index is 640. The molecule has 1 fully saturated rings. The van der Waals surface area contributed by atoms with Gasteiger partial charge in [0.2, 0.25) is 0 Å². The van der Waals surface area contributed by atoms with Crippen LogP contribution in [0.15, 0.2) is 34.9 Å². The van der Waals surface area contributed by atoms with Crippen LogP contribution in [0.2, 0.25) is 0 Å². The Morgan fingerprint density at radius 2 is 1.68 bits per heavy atom. The number of halogens is 1. The average Bonchev–Trinajstić information content (AvgIpc) is 2.89. The van der Waals surface area contributed by atoms with Crippen LogP contribution in [0.1, 0.15) is 33.3 Å². The Labute approximate surface area is 137 Å². The number of para-hydroxylation sites is 1. The maximum atomic E-state index is 6.31. The highest BCUT2D eigenvalue weighted by molar-refractivity contribution is 6.47. The third-order valence-corrected chi connectivity index (χ3v) is 4.64. The van der Waals surface area contributed by atoms with Crippen molar-refractivity contribution in [3.8, 4) is 0 Å². The fourth-order valence-corrected chi connectivity index (χ4v) is 2.60. The Morgan fingerprint density at radius 3 is 2.32 bits per heavy atom. The lowest BCUT2D eigenvalue weighted by Gasteiger charge is -2.32. The van der Waals surface area contributed by atoms with E-state index in [1.54, 1.807) is 6.26 Å². The van der Waals surface area contributed by atoms with Crippen LogP contribution < -0.4 is 5.73 Å². The van der Waals surface area contributed by atoms with Gasteiger partial charge in [-0.05, 0) is 45.7 Å². The topological polar surface area (TPSA) is 57.6 Å². The fraction of sp³-hybridized carbons (Fsp3) is 0.500. The molecule has 22 heavy (non-hydrogen) atoms. The van der Waals surface area contributed by atoms with Crippen molar-refractivity contribution in [1.29, 1.82) is 0 Å². The lowest BCUT2D eigenvalue weighted by atomic mass is 9.75. The summed E-state index contributed by atoms with van der Waals surface area (Å²) in [4.78, 5) is 0. The van der Waals surface area contributed by atoms with Crippen molar-refractivity contribution in [2.24, 2.45) is 5.73 Å². The van der Waals surface area contributed by atoms with Crippen molar-refractivity contribution < 1.29 is 13.7 Å². The van der Waals surface area contributed by atoms with Gasteiger partial charge >= 0.3 is 7.12 Å². The van der Waals surface area contributed by atoms with E-state index in [9.17, 15) is 0 Å². The van der Waals surface area contributed by atoms with E-state index in [0.717, 1.165) is 16.5 Å². The van der Waals surface area contributed by atoms with Gasteiger partial charge in [-0.1, -0.05) is 18.2 Å². The number of hydrogen-bond donors (Lipinski definition) is 1. The Hall–Kier alpha value is -1.01. The first kappa shape index (κ1) is 17.4. The van der Waals surface area contributed by atoms with E-state index < -0.39 is 7.12 Å². The molecule has 1 aromatic heterocycles. The van der Waals surface area contributed by atoms with Crippen molar-refractivity contribution >= 4 is 30.5 Å². The van der Waals surface area contributed by atoms with Gasteiger partial charge in [-0.25, -0.2) is 0 Å². The maximum Gasteiger partial charge on any atom is 0.476 e. The number of benzene rings is 1. The van der Waals surface area contributed by atoms with Crippen molar-refractivity contribution in [3.05, 3.63) is 36.1 Å². The van der Waals surface area contributed by atoms with Crippen LogP contribution in [0.25, 0.3) is 11.0 Å². The summed E-state index contributed by atoms with van der Waals surface area (Å²) in [6.45, 7) is 8.14. The van der Waals surface area contributed by atoms with Crippen LogP contribution in [0.3, 0.4) is 0 Å². The van der Waals surface area contributed by atoms with Crippen LogP contribution >= 0.6 is 12.4 Å². The highest BCUT2D eigenvalue weighted by Crippen LogP contribution is 2.37. The van der Waals surface area contributed by atoms with E-state index >= 15 is 0 Å². The van der Waals surface area contributed by atoms with Gasteiger partial charge in [0.1, 0.15) is 5.58 Å². The Morgan fingerprint density at radius 1 is 1.09 bits per heavy atom. The molecule has 0 radical (unpaired) electrons. The van der Waals surface area contributed by atoms with Gasteiger partial charge < -0.3 is 19.5 Å². The summed E-state index contributed by atoms with van der Waals surface area (Å²) in [6, 6.07) is 7.97. The number of fused-ring (bicyclic) bond motifs is 1. The number of hydrogen-bond acceptors (Lipinski definition) is 4. The quantitative estimate of drug-likeness (QED) is 0.880. The van der Waals surface area contributed by atoms with Gasteiger partial charge in [-0.3, -0.25) is 0 Å². The summed E-state index contributed by atoms with van der Waals surface area (Å²) in [5, 5.41) is 1.10. The maximum absolute atomic E-state index is 6.31. The summed E-state index contributed by atoms with van der Waals surface area (Å²) >= 11 is 0. The second kappa shape index (κ2) is 5.89. The van der Waals surface area contributed by atoms with Gasteiger partial charge in [-0.15, -0.1) is 12.4 Å². The van der Waals surface area contributed by atoms with E-state index in [2.05, 4.69) is 0 Å². The van der Waals surface area contributed by atoms with Crippen LogP contribution in [0.4, 0.5) is 0 Å². The fourth-order valence-electron chi connectivity index (χ4n) is 2.60. The van der Waals surface area contributed by atoms with Gasteiger partial charge in [0, 0.05) is 11.3 Å². The van der Waals surface area contributed by atoms with Crippen molar-refractivity contribution in [2.45, 2.75) is 51.3 Å². The highest BCUT2D eigenvalue weighted by Gasteiger charge is 2.53. The molecule has 0 spiro atoms. The third kappa shape index (κ3) is 2.91. The lowest BCUT2D eigenvalue weighted by Crippen LogP contribution is -2.43. The van der Waals surface area contributed by atoms with Gasteiger partial charge in [-0.2, -0.15) is 0 Å². The van der Waals surface area contributed by atoms with E-state index in [-0.39, 0.29) is 29.6 Å². The van der Waals surface area contributed by atoms with Gasteiger partial charge in [0.05, 0.1) is 17.5 Å². The molecule has 0 amide bonds. The molecule has 6 heteroatoms. The number of furan rings is 1. The number of rotatable bonds is 3. The van der Waals surface area contributed by atoms with Crippen molar-refractivity contribution in [3.63, 3.8) is 0 Å². The molecule has 1 saturated heterocycles.